The molecule has 0 heterocycles. The number of alkyl halides is 1. The largest absolute Gasteiger partial charge is 0.296 e. The standard InChI is InChI=1S/C12H16Cl3N/c1-12(2,8-13)16(3)7-9-5-4-6-10(14)11(9)15/h4-6H,7-8H2,1-3H3. The summed E-state index contributed by atoms with van der Waals surface area (Å²) < 4.78 is 0. The van der Waals surface area contributed by atoms with E-state index in [4.69, 9.17) is 34.8 Å². The lowest BCUT2D eigenvalue weighted by atomic mass is 10.1. The van der Waals surface area contributed by atoms with Gasteiger partial charge in [0.15, 0.2) is 0 Å². The Morgan fingerprint density at radius 3 is 2.44 bits per heavy atom. The number of hydrogen-bond donors (Lipinski definition) is 0. The van der Waals surface area contributed by atoms with Crippen molar-refractivity contribution in [1.29, 1.82) is 0 Å². The van der Waals surface area contributed by atoms with Crippen LogP contribution in [0.15, 0.2) is 18.2 Å². The van der Waals surface area contributed by atoms with Gasteiger partial charge >= 0.3 is 0 Å². The lowest BCUT2D eigenvalue weighted by Gasteiger charge is -2.34. The van der Waals surface area contributed by atoms with E-state index < -0.39 is 0 Å². The molecular weight excluding hydrogens is 264 g/mol. The molecule has 0 unspecified atom stereocenters. The maximum Gasteiger partial charge on any atom is 0.0637 e. The van der Waals surface area contributed by atoms with Crippen LogP contribution in [0.5, 0.6) is 0 Å². The van der Waals surface area contributed by atoms with Crippen LogP contribution in [0, 0.1) is 0 Å². The summed E-state index contributed by atoms with van der Waals surface area (Å²) in [5, 5.41) is 1.22. The lowest BCUT2D eigenvalue weighted by molar-refractivity contribution is 0.171. The summed E-state index contributed by atoms with van der Waals surface area (Å²) in [6.45, 7) is 4.93. The molecule has 16 heavy (non-hydrogen) atoms. The van der Waals surface area contributed by atoms with E-state index in [1.54, 1.807) is 6.07 Å². The molecule has 0 spiro atoms. The molecule has 4 heteroatoms. The van der Waals surface area contributed by atoms with Crippen molar-refractivity contribution in [3.05, 3.63) is 33.8 Å². The summed E-state index contributed by atoms with van der Waals surface area (Å²) in [6.07, 6.45) is 0. The highest BCUT2D eigenvalue weighted by molar-refractivity contribution is 6.42. The van der Waals surface area contributed by atoms with Crippen molar-refractivity contribution in [2.45, 2.75) is 25.9 Å². The smallest absolute Gasteiger partial charge is 0.0637 e. The van der Waals surface area contributed by atoms with Crippen LogP contribution in [0.4, 0.5) is 0 Å². The second-order valence-electron chi connectivity index (χ2n) is 4.52. The molecule has 0 aliphatic heterocycles. The van der Waals surface area contributed by atoms with Gasteiger partial charge in [0.05, 0.1) is 10.0 Å². The van der Waals surface area contributed by atoms with Crippen molar-refractivity contribution in [3.63, 3.8) is 0 Å². The highest BCUT2D eigenvalue weighted by Gasteiger charge is 2.22. The normalized spacial score (nSPS) is 12.2. The zero-order chi connectivity index (χ0) is 12.3. The van der Waals surface area contributed by atoms with Gasteiger partial charge < -0.3 is 0 Å². The van der Waals surface area contributed by atoms with Crippen molar-refractivity contribution in [2.75, 3.05) is 12.9 Å². The van der Waals surface area contributed by atoms with Crippen LogP contribution >= 0.6 is 34.8 Å². The van der Waals surface area contributed by atoms with Crippen LogP contribution in [0.2, 0.25) is 10.0 Å². The van der Waals surface area contributed by atoms with Gasteiger partial charge in [0, 0.05) is 18.0 Å². The van der Waals surface area contributed by atoms with Crippen LogP contribution in [0.1, 0.15) is 19.4 Å². The first-order valence-electron chi connectivity index (χ1n) is 5.08. The molecular formula is C12H16Cl3N. The van der Waals surface area contributed by atoms with Gasteiger partial charge in [-0.3, -0.25) is 4.90 Å². The fraction of sp³-hybridized carbons (Fsp3) is 0.500. The lowest BCUT2D eigenvalue weighted by Crippen LogP contribution is -2.42. The molecule has 0 amide bonds. The number of halogens is 3. The number of nitrogens with zero attached hydrogens (tertiary/aromatic N) is 1. The molecule has 0 aliphatic carbocycles. The predicted octanol–water partition coefficient (Wildman–Crippen LogP) is 4.44. The molecule has 0 saturated heterocycles. The second-order valence-corrected chi connectivity index (χ2v) is 5.57. The Labute approximate surface area is 112 Å². The third-order valence-electron chi connectivity index (χ3n) is 2.80. The highest BCUT2D eigenvalue weighted by Crippen LogP contribution is 2.28. The SMILES string of the molecule is CN(Cc1cccc(Cl)c1Cl)C(C)(C)CCl. The molecule has 1 aromatic rings. The Bertz CT molecular complexity index is 363. The number of rotatable bonds is 4. The van der Waals surface area contributed by atoms with E-state index in [1.807, 2.05) is 19.2 Å². The van der Waals surface area contributed by atoms with E-state index in [1.165, 1.54) is 0 Å². The summed E-state index contributed by atoms with van der Waals surface area (Å²) in [6, 6.07) is 5.68. The van der Waals surface area contributed by atoms with Crippen molar-refractivity contribution in [2.24, 2.45) is 0 Å². The van der Waals surface area contributed by atoms with E-state index in [9.17, 15) is 0 Å². The Kier molecular flexibility index (Phi) is 4.93. The Morgan fingerprint density at radius 1 is 1.25 bits per heavy atom. The molecule has 0 N–H and O–H groups in total. The van der Waals surface area contributed by atoms with Crippen LogP contribution < -0.4 is 0 Å². The topological polar surface area (TPSA) is 3.24 Å². The molecule has 0 fully saturated rings. The third-order valence-corrected chi connectivity index (χ3v) is 4.31. The van der Waals surface area contributed by atoms with Gasteiger partial charge in [0.1, 0.15) is 0 Å². The summed E-state index contributed by atoms with van der Waals surface area (Å²) in [5.74, 6) is 0.571. The van der Waals surface area contributed by atoms with Crippen LogP contribution in [0.3, 0.4) is 0 Å². The van der Waals surface area contributed by atoms with Gasteiger partial charge in [0.25, 0.3) is 0 Å². The Morgan fingerprint density at radius 2 is 1.88 bits per heavy atom. The van der Waals surface area contributed by atoms with E-state index in [0.29, 0.717) is 15.9 Å². The first-order valence-corrected chi connectivity index (χ1v) is 6.37. The highest BCUT2D eigenvalue weighted by atomic mass is 35.5. The van der Waals surface area contributed by atoms with Crippen molar-refractivity contribution < 1.29 is 0 Å². The minimum atomic E-state index is -0.0623. The zero-order valence-electron chi connectivity index (χ0n) is 9.73. The van der Waals surface area contributed by atoms with Gasteiger partial charge in [-0.05, 0) is 32.5 Å². The fourth-order valence-electron chi connectivity index (χ4n) is 1.24. The molecule has 0 atom stereocenters. The molecule has 0 saturated carbocycles. The minimum absolute atomic E-state index is 0.0623. The molecule has 0 radical (unpaired) electrons. The van der Waals surface area contributed by atoms with Gasteiger partial charge in [-0.25, -0.2) is 0 Å². The molecule has 0 aromatic heterocycles. The number of hydrogen-bond acceptors (Lipinski definition) is 1. The molecule has 1 nitrogen and oxygen atoms in total. The Balaban J connectivity index is 2.85. The monoisotopic (exact) mass is 279 g/mol. The third kappa shape index (κ3) is 3.27. The maximum atomic E-state index is 6.14. The van der Waals surface area contributed by atoms with Crippen molar-refractivity contribution in [3.8, 4) is 0 Å². The van der Waals surface area contributed by atoms with E-state index in [0.717, 1.165) is 12.1 Å². The van der Waals surface area contributed by atoms with Gasteiger partial charge in [-0.15, -0.1) is 11.6 Å². The summed E-state index contributed by atoms with van der Waals surface area (Å²) in [5.41, 5.74) is 0.961. The van der Waals surface area contributed by atoms with E-state index in [-0.39, 0.29) is 5.54 Å². The molecule has 1 aromatic carbocycles. The quantitative estimate of drug-likeness (QED) is 0.737. The molecule has 0 bridgehead atoms. The van der Waals surface area contributed by atoms with Gasteiger partial charge in [-0.1, -0.05) is 35.3 Å². The minimum Gasteiger partial charge on any atom is -0.296 e. The van der Waals surface area contributed by atoms with Crippen LogP contribution in [-0.2, 0) is 6.54 Å². The first kappa shape index (κ1) is 14.1. The van der Waals surface area contributed by atoms with Crippen molar-refractivity contribution in [1.82, 2.24) is 4.90 Å². The van der Waals surface area contributed by atoms with Gasteiger partial charge in [-0.2, -0.15) is 0 Å². The molecule has 90 valence electrons. The fourth-order valence-corrected chi connectivity index (χ4v) is 1.83. The second kappa shape index (κ2) is 5.59. The predicted molar refractivity (Wildman–Crippen MR) is 72.7 cm³/mol. The summed E-state index contributed by atoms with van der Waals surface area (Å²) in [7, 11) is 2.03. The van der Waals surface area contributed by atoms with Crippen molar-refractivity contribution >= 4 is 34.8 Å². The summed E-state index contributed by atoms with van der Waals surface area (Å²) >= 11 is 18.0. The average Bonchev–Trinajstić information content (AvgIpc) is 2.24. The maximum absolute atomic E-state index is 6.14. The zero-order valence-corrected chi connectivity index (χ0v) is 12.0. The average molecular weight is 281 g/mol. The Hall–Kier alpha value is 0.0500. The van der Waals surface area contributed by atoms with Crippen LogP contribution in [0.25, 0.3) is 0 Å². The molecule has 0 aliphatic rings. The first-order chi connectivity index (χ1) is 7.38. The summed E-state index contributed by atoms with van der Waals surface area (Å²) in [4.78, 5) is 2.16. The van der Waals surface area contributed by atoms with E-state index in [2.05, 4.69) is 18.7 Å². The molecule has 1 rings (SSSR count). The number of benzene rings is 1. The van der Waals surface area contributed by atoms with E-state index >= 15 is 0 Å². The van der Waals surface area contributed by atoms with Crippen LogP contribution in [-0.4, -0.2) is 23.4 Å². The van der Waals surface area contributed by atoms with Gasteiger partial charge in [0.2, 0.25) is 0 Å².